The quantitative estimate of drug-likeness (QED) is 0.822. The second kappa shape index (κ2) is 5.41. The average Bonchev–Trinajstić information content (AvgIpc) is 2.81. The SMILES string of the molecule is C=CCN1C(=O)CC[C@@H]1[C@@](O)(C=C)c1ccccc1. The first-order valence-corrected chi connectivity index (χ1v) is 6.45. The predicted octanol–water partition coefficient (Wildman–Crippen LogP) is 2.24. The highest BCUT2D eigenvalue weighted by Crippen LogP contribution is 2.36. The van der Waals surface area contributed by atoms with E-state index in [1.54, 1.807) is 11.0 Å². The van der Waals surface area contributed by atoms with Gasteiger partial charge in [-0.2, -0.15) is 0 Å². The van der Waals surface area contributed by atoms with Crippen molar-refractivity contribution >= 4 is 5.91 Å². The fourth-order valence-corrected chi connectivity index (χ4v) is 2.71. The van der Waals surface area contributed by atoms with E-state index in [1.807, 2.05) is 30.3 Å². The van der Waals surface area contributed by atoms with Crippen molar-refractivity contribution in [2.75, 3.05) is 6.54 Å². The lowest BCUT2D eigenvalue weighted by atomic mass is 9.85. The molecule has 0 aliphatic carbocycles. The van der Waals surface area contributed by atoms with Gasteiger partial charge in [-0.15, -0.1) is 6.58 Å². The summed E-state index contributed by atoms with van der Waals surface area (Å²) in [4.78, 5) is 13.6. The molecule has 1 aliphatic heterocycles. The lowest BCUT2D eigenvalue weighted by Crippen LogP contribution is -2.47. The molecule has 0 aromatic heterocycles. The van der Waals surface area contributed by atoms with E-state index in [2.05, 4.69) is 13.2 Å². The molecule has 0 radical (unpaired) electrons. The number of benzene rings is 1. The summed E-state index contributed by atoms with van der Waals surface area (Å²) >= 11 is 0. The number of likely N-dealkylation sites (tertiary alicyclic amines) is 1. The van der Waals surface area contributed by atoms with Gasteiger partial charge in [0.2, 0.25) is 5.91 Å². The molecule has 0 unspecified atom stereocenters. The minimum Gasteiger partial charge on any atom is -0.379 e. The van der Waals surface area contributed by atoms with Gasteiger partial charge in [-0.25, -0.2) is 0 Å². The Morgan fingerprint density at radius 2 is 2.05 bits per heavy atom. The van der Waals surface area contributed by atoms with Crippen molar-refractivity contribution in [3.8, 4) is 0 Å². The Hall–Kier alpha value is -1.87. The van der Waals surface area contributed by atoms with Gasteiger partial charge in [0, 0.05) is 13.0 Å². The molecule has 1 heterocycles. The van der Waals surface area contributed by atoms with Crippen LogP contribution in [0.1, 0.15) is 18.4 Å². The van der Waals surface area contributed by atoms with E-state index in [4.69, 9.17) is 0 Å². The molecule has 19 heavy (non-hydrogen) atoms. The third-order valence-electron chi connectivity index (χ3n) is 3.71. The maximum atomic E-state index is 11.9. The molecule has 1 aromatic rings. The highest BCUT2D eigenvalue weighted by Gasteiger charge is 2.44. The summed E-state index contributed by atoms with van der Waals surface area (Å²) in [5.74, 6) is 0.0566. The van der Waals surface area contributed by atoms with Crippen molar-refractivity contribution in [2.45, 2.75) is 24.5 Å². The molecule has 1 amide bonds. The van der Waals surface area contributed by atoms with Crippen molar-refractivity contribution in [3.05, 3.63) is 61.2 Å². The standard InChI is InChI=1S/C16H19NO2/c1-3-12-17-14(10-11-15(17)18)16(19,4-2)13-8-6-5-7-9-13/h3-9,14,19H,1-2,10-12H2/t14-,16-/m1/s1. The highest BCUT2D eigenvalue weighted by molar-refractivity contribution is 5.79. The van der Waals surface area contributed by atoms with E-state index in [0.717, 1.165) is 5.56 Å². The summed E-state index contributed by atoms with van der Waals surface area (Å²) in [5.41, 5.74) is -0.449. The van der Waals surface area contributed by atoms with Gasteiger partial charge >= 0.3 is 0 Å². The van der Waals surface area contributed by atoms with Crippen molar-refractivity contribution in [1.29, 1.82) is 0 Å². The summed E-state index contributed by atoms with van der Waals surface area (Å²) < 4.78 is 0. The number of carbonyl (C=O) groups is 1. The van der Waals surface area contributed by atoms with Crippen LogP contribution in [0.3, 0.4) is 0 Å². The fourth-order valence-electron chi connectivity index (χ4n) is 2.71. The van der Waals surface area contributed by atoms with Crippen LogP contribution in [-0.2, 0) is 10.4 Å². The first-order valence-electron chi connectivity index (χ1n) is 6.45. The molecule has 1 fully saturated rings. The largest absolute Gasteiger partial charge is 0.379 e. The minimum atomic E-state index is -1.21. The zero-order valence-electron chi connectivity index (χ0n) is 11.0. The normalized spacial score (nSPS) is 22.1. The number of rotatable bonds is 5. The van der Waals surface area contributed by atoms with Crippen molar-refractivity contribution in [2.24, 2.45) is 0 Å². The number of carbonyl (C=O) groups excluding carboxylic acids is 1. The van der Waals surface area contributed by atoms with Crippen LogP contribution in [0.15, 0.2) is 55.6 Å². The zero-order chi connectivity index (χ0) is 13.9. The molecule has 3 nitrogen and oxygen atoms in total. The van der Waals surface area contributed by atoms with Gasteiger partial charge in [-0.3, -0.25) is 4.79 Å². The van der Waals surface area contributed by atoms with Crippen LogP contribution in [-0.4, -0.2) is 28.5 Å². The molecule has 2 atom stereocenters. The summed E-state index contributed by atoms with van der Waals surface area (Å²) in [6.07, 6.45) is 4.30. The maximum absolute atomic E-state index is 11.9. The molecule has 1 N–H and O–H groups in total. The second-order valence-electron chi connectivity index (χ2n) is 4.78. The first-order chi connectivity index (χ1) is 9.13. The minimum absolute atomic E-state index is 0.0566. The number of hydrogen-bond acceptors (Lipinski definition) is 2. The molecule has 2 rings (SSSR count). The van der Waals surface area contributed by atoms with Gasteiger partial charge < -0.3 is 10.0 Å². The summed E-state index contributed by atoms with van der Waals surface area (Å²) in [6.45, 7) is 7.88. The van der Waals surface area contributed by atoms with Crippen LogP contribution in [0.25, 0.3) is 0 Å². The van der Waals surface area contributed by atoms with E-state index in [1.165, 1.54) is 6.08 Å². The average molecular weight is 257 g/mol. The van der Waals surface area contributed by atoms with Gasteiger partial charge in [0.25, 0.3) is 0 Å². The van der Waals surface area contributed by atoms with Gasteiger partial charge in [0.1, 0.15) is 5.60 Å². The Balaban J connectivity index is 2.38. The Kier molecular flexibility index (Phi) is 3.86. The van der Waals surface area contributed by atoms with Crippen LogP contribution in [0.4, 0.5) is 0 Å². The molecule has 100 valence electrons. The molecular weight excluding hydrogens is 238 g/mol. The molecule has 1 aliphatic rings. The fraction of sp³-hybridized carbons (Fsp3) is 0.312. The smallest absolute Gasteiger partial charge is 0.223 e. The number of amides is 1. The molecular formula is C16H19NO2. The van der Waals surface area contributed by atoms with Crippen molar-refractivity contribution < 1.29 is 9.90 Å². The monoisotopic (exact) mass is 257 g/mol. The molecule has 3 heteroatoms. The number of aliphatic hydroxyl groups is 1. The Morgan fingerprint density at radius 1 is 1.37 bits per heavy atom. The number of nitrogens with zero attached hydrogens (tertiary/aromatic N) is 1. The third-order valence-corrected chi connectivity index (χ3v) is 3.71. The van der Waals surface area contributed by atoms with Crippen LogP contribution in [0.2, 0.25) is 0 Å². The zero-order valence-corrected chi connectivity index (χ0v) is 11.0. The van der Waals surface area contributed by atoms with Crippen LogP contribution in [0, 0.1) is 0 Å². The Morgan fingerprint density at radius 3 is 2.63 bits per heavy atom. The third kappa shape index (κ3) is 2.34. The van der Waals surface area contributed by atoms with Crippen molar-refractivity contribution in [3.63, 3.8) is 0 Å². The molecule has 1 saturated heterocycles. The Bertz CT molecular complexity index is 483. The summed E-state index contributed by atoms with van der Waals surface area (Å²) in [5, 5.41) is 11.0. The lowest BCUT2D eigenvalue weighted by Gasteiger charge is -2.37. The van der Waals surface area contributed by atoms with Crippen LogP contribution >= 0.6 is 0 Å². The molecule has 0 bridgehead atoms. The van der Waals surface area contributed by atoms with E-state index in [9.17, 15) is 9.90 Å². The predicted molar refractivity (Wildman–Crippen MR) is 75.5 cm³/mol. The van der Waals surface area contributed by atoms with E-state index in [-0.39, 0.29) is 11.9 Å². The van der Waals surface area contributed by atoms with Crippen molar-refractivity contribution in [1.82, 2.24) is 4.90 Å². The Labute approximate surface area is 113 Å². The van der Waals surface area contributed by atoms with Crippen LogP contribution < -0.4 is 0 Å². The molecule has 1 aromatic carbocycles. The second-order valence-corrected chi connectivity index (χ2v) is 4.78. The van der Waals surface area contributed by atoms with Gasteiger partial charge in [-0.1, -0.05) is 49.1 Å². The van der Waals surface area contributed by atoms with E-state index < -0.39 is 5.60 Å². The first kappa shape index (κ1) is 13.6. The van der Waals surface area contributed by atoms with Gasteiger partial charge in [-0.05, 0) is 12.0 Å². The van der Waals surface area contributed by atoms with Crippen LogP contribution in [0.5, 0.6) is 0 Å². The number of hydrogen-bond donors (Lipinski definition) is 1. The molecule has 0 spiro atoms. The molecule has 0 saturated carbocycles. The highest BCUT2D eigenvalue weighted by atomic mass is 16.3. The van der Waals surface area contributed by atoms with E-state index in [0.29, 0.717) is 19.4 Å². The van der Waals surface area contributed by atoms with Gasteiger partial charge in [0.15, 0.2) is 0 Å². The van der Waals surface area contributed by atoms with E-state index >= 15 is 0 Å². The topological polar surface area (TPSA) is 40.5 Å². The maximum Gasteiger partial charge on any atom is 0.223 e. The summed E-state index contributed by atoms with van der Waals surface area (Å²) in [6, 6.07) is 9.08. The summed E-state index contributed by atoms with van der Waals surface area (Å²) in [7, 11) is 0. The van der Waals surface area contributed by atoms with Gasteiger partial charge in [0.05, 0.1) is 6.04 Å². The lowest BCUT2D eigenvalue weighted by molar-refractivity contribution is -0.131.